The lowest BCUT2D eigenvalue weighted by atomic mass is 9.99. The molecule has 5 aromatic carbocycles. The molecule has 0 saturated heterocycles. The fraction of sp³-hybridized carbons (Fsp3) is 0.0370. The van der Waals surface area contributed by atoms with Gasteiger partial charge in [0, 0.05) is 10.8 Å². The average Bonchev–Trinajstić information content (AvgIpc) is 3.01. The second-order valence-corrected chi connectivity index (χ2v) is 8.49. The number of hydrogen-bond acceptors (Lipinski definition) is 4. The third kappa shape index (κ3) is 3.17. The van der Waals surface area contributed by atoms with E-state index >= 15 is 0 Å². The van der Waals surface area contributed by atoms with E-state index in [2.05, 4.69) is 48.5 Å². The second-order valence-electron chi connectivity index (χ2n) is 7.49. The van der Waals surface area contributed by atoms with E-state index < -0.39 is 8.24 Å². The summed E-state index contributed by atoms with van der Waals surface area (Å²) in [5.41, 5.74) is 1.50. The average molecular weight is 438 g/mol. The minimum absolute atomic E-state index is 0.656. The van der Waals surface area contributed by atoms with E-state index in [0.29, 0.717) is 5.75 Å². The molecule has 1 aromatic heterocycles. The number of rotatable bonds is 3. The molecule has 1 heterocycles. The Labute approximate surface area is 185 Å². The monoisotopic (exact) mass is 438 g/mol. The Bertz CT molecular complexity index is 1540. The molecule has 0 aliphatic carbocycles. The second kappa shape index (κ2) is 7.67. The van der Waals surface area contributed by atoms with Gasteiger partial charge in [-0.3, -0.25) is 0 Å². The van der Waals surface area contributed by atoms with Gasteiger partial charge in [0.2, 0.25) is 0 Å². The highest BCUT2D eigenvalue weighted by molar-refractivity contribution is 7.32. The van der Waals surface area contributed by atoms with Gasteiger partial charge in [-0.15, -0.1) is 0 Å². The van der Waals surface area contributed by atoms with Crippen molar-refractivity contribution in [2.45, 2.75) is 0 Å². The zero-order valence-corrected chi connectivity index (χ0v) is 18.2. The molecule has 0 spiro atoms. The van der Waals surface area contributed by atoms with E-state index in [1.54, 1.807) is 7.11 Å². The Morgan fingerprint density at radius 2 is 1.06 bits per heavy atom. The Morgan fingerprint density at radius 3 is 1.59 bits per heavy atom. The fourth-order valence-corrected chi connectivity index (χ4v) is 5.14. The number of fused-ring (bicyclic) bond motifs is 7. The SMILES string of the molecule is COc1ccc(Op2oc3ccc4ccccc4c3c3c(ccc4ccccc43)o2)cc1. The van der Waals surface area contributed by atoms with Crippen molar-refractivity contribution in [1.82, 2.24) is 0 Å². The van der Waals surface area contributed by atoms with Crippen molar-refractivity contribution in [1.29, 1.82) is 0 Å². The molecule has 32 heavy (non-hydrogen) atoms. The summed E-state index contributed by atoms with van der Waals surface area (Å²) in [6.07, 6.45) is 0. The van der Waals surface area contributed by atoms with Crippen molar-refractivity contribution in [3.05, 3.63) is 97.1 Å². The van der Waals surface area contributed by atoms with Crippen LogP contribution >= 0.6 is 8.24 Å². The fourth-order valence-electron chi connectivity index (χ4n) is 4.11. The molecule has 6 aromatic rings. The maximum Gasteiger partial charge on any atom is 0.453 e. The Morgan fingerprint density at radius 1 is 0.562 bits per heavy atom. The lowest BCUT2D eigenvalue weighted by Crippen LogP contribution is -1.82. The third-order valence-corrected chi connectivity index (χ3v) is 6.67. The summed E-state index contributed by atoms with van der Waals surface area (Å²) in [6.45, 7) is 0. The first-order valence-electron chi connectivity index (χ1n) is 10.3. The van der Waals surface area contributed by atoms with Crippen LogP contribution in [0.4, 0.5) is 0 Å². The summed E-state index contributed by atoms with van der Waals surface area (Å²) in [7, 11) is -0.0745. The summed E-state index contributed by atoms with van der Waals surface area (Å²) in [5.74, 6) is 1.42. The minimum Gasteiger partial charge on any atom is -0.497 e. The number of hydrogen-bond donors (Lipinski definition) is 0. The normalized spacial score (nSPS) is 11.3. The first-order chi connectivity index (χ1) is 15.8. The van der Waals surface area contributed by atoms with Crippen molar-refractivity contribution in [2.24, 2.45) is 0 Å². The molecule has 0 saturated carbocycles. The lowest BCUT2D eigenvalue weighted by molar-refractivity contribution is 0.413. The van der Waals surface area contributed by atoms with E-state index in [1.165, 1.54) is 0 Å². The maximum absolute atomic E-state index is 6.35. The van der Waals surface area contributed by atoms with Gasteiger partial charge >= 0.3 is 8.24 Å². The van der Waals surface area contributed by atoms with Crippen molar-refractivity contribution in [3.63, 3.8) is 0 Å². The van der Waals surface area contributed by atoms with Crippen molar-refractivity contribution in [2.75, 3.05) is 7.11 Å². The van der Waals surface area contributed by atoms with Crippen LogP contribution in [0, 0.1) is 0 Å². The summed E-state index contributed by atoms with van der Waals surface area (Å²) in [4.78, 5) is 0. The molecule has 0 fully saturated rings. The highest BCUT2D eigenvalue weighted by atomic mass is 31.1. The summed E-state index contributed by atoms with van der Waals surface area (Å²) in [6, 6.07) is 32.2. The van der Waals surface area contributed by atoms with Crippen molar-refractivity contribution < 1.29 is 17.7 Å². The summed E-state index contributed by atoms with van der Waals surface area (Å²) in [5, 5.41) is 6.59. The Kier molecular flexibility index (Phi) is 4.52. The van der Waals surface area contributed by atoms with Crippen LogP contribution in [-0.4, -0.2) is 7.11 Å². The minimum atomic E-state index is -1.71. The van der Waals surface area contributed by atoms with Gasteiger partial charge in [-0.05, 0) is 57.9 Å². The van der Waals surface area contributed by atoms with Gasteiger partial charge in [0.1, 0.15) is 22.7 Å². The molecular formula is C27H19O4P. The van der Waals surface area contributed by atoms with Gasteiger partial charge < -0.3 is 17.7 Å². The van der Waals surface area contributed by atoms with Crippen LogP contribution in [0.1, 0.15) is 0 Å². The van der Waals surface area contributed by atoms with E-state index in [0.717, 1.165) is 49.2 Å². The molecule has 0 amide bonds. The molecule has 0 atom stereocenters. The van der Waals surface area contributed by atoms with Crippen LogP contribution in [0.15, 0.2) is 105 Å². The predicted octanol–water partition coefficient (Wildman–Crippen LogP) is 8.45. The molecular weight excluding hydrogens is 419 g/mol. The molecule has 0 aliphatic heterocycles. The van der Waals surface area contributed by atoms with Crippen LogP contribution in [0.3, 0.4) is 0 Å². The van der Waals surface area contributed by atoms with Crippen LogP contribution in [0.2, 0.25) is 0 Å². The quantitative estimate of drug-likeness (QED) is 0.278. The van der Waals surface area contributed by atoms with Gasteiger partial charge in [-0.1, -0.05) is 60.7 Å². The first-order valence-corrected chi connectivity index (χ1v) is 11.4. The highest BCUT2D eigenvalue weighted by Gasteiger charge is 2.13. The Hall–Kier alpha value is -3.88. The summed E-state index contributed by atoms with van der Waals surface area (Å²) >= 11 is 0. The molecule has 0 bridgehead atoms. The van der Waals surface area contributed by atoms with Crippen molar-refractivity contribution >= 4 is 51.7 Å². The summed E-state index contributed by atoms with van der Waals surface area (Å²) < 4.78 is 24.1. The standard InChI is InChI=1S/C27H19O4P/c1-28-20-12-14-21(15-13-20)29-32-30-24-16-10-18-6-2-4-8-22(18)26(24)27-23-9-5-3-7-19(23)11-17-25(27)31-32/h2-17H,1H3. The topological polar surface area (TPSA) is 44.7 Å². The van der Waals surface area contributed by atoms with Gasteiger partial charge in [0.25, 0.3) is 0 Å². The molecule has 0 radical (unpaired) electrons. The van der Waals surface area contributed by atoms with Crippen LogP contribution < -0.4 is 9.26 Å². The largest absolute Gasteiger partial charge is 0.497 e. The maximum atomic E-state index is 6.35. The lowest BCUT2D eigenvalue weighted by Gasteiger charge is -2.05. The molecule has 0 unspecified atom stereocenters. The highest BCUT2D eigenvalue weighted by Crippen LogP contribution is 2.41. The van der Waals surface area contributed by atoms with Crippen molar-refractivity contribution in [3.8, 4) is 11.5 Å². The molecule has 0 N–H and O–H groups in total. The van der Waals surface area contributed by atoms with Gasteiger partial charge in [-0.2, -0.15) is 0 Å². The number of ether oxygens (including phenoxy) is 1. The van der Waals surface area contributed by atoms with E-state index in [4.69, 9.17) is 17.7 Å². The molecule has 4 nitrogen and oxygen atoms in total. The van der Waals surface area contributed by atoms with E-state index in [9.17, 15) is 0 Å². The van der Waals surface area contributed by atoms with Crippen LogP contribution in [-0.2, 0) is 0 Å². The zero-order chi connectivity index (χ0) is 21.5. The molecule has 6 rings (SSSR count). The van der Waals surface area contributed by atoms with Gasteiger partial charge in [0.15, 0.2) is 0 Å². The Balaban J connectivity index is 1.71. The zero-order valence-electron chi connectivity index (χ0n) is 17.3. The number of methoxy groups -OCH3 is 1. The van der Waals surface area contributed by atoms with E-state index in [1.807, 2.05) is 48.5 Å². The van der Waals surface area contributed by atoms with Crippen LogP contribution in [0.25, 0.3) is 43.5 Å². The molecule has 5 heteroatoms. The smallest absolute Gasteiger partial charge is 0.453 e. The van der Waals surface area contributed by atoms with Gasteiger partial charge in [0.05, 0.1) is 7.11 Å². The molecule has 0 aliphatic rings. The van der Waals surface area contributed by atoms with Gasteiger partial charge in [-0.25, -0.2) is 0 Å². The van der Waals surface area contributed by atoms with E-state index in [-0.39, 0.29) is 0 Å². The first kappa shape index (κ1) is 18.9. The predicted molar refractivity (Wildman–Crippen MR) is 130 cm³/mol. The van der Waals surface area contributed by atoms with Crippen LogP contribution in [0.5, 0.6) is 11.5 Å². The third-order valence-electron chi connectivity index (χ3n) is 5.62. The number of benzene rings is 5. The molecule has 156 valence electrons.